The molecule has 102 valence electrons. The zero-order valence-electron chi connectivity index (χ0n) is 11.3. The summed E-state index contributed by atoms with van der Waals surface area (Å²) in [6.07, 6.45) is 0. The van der Waals surface area contributed by atoms with E-state index in [-0.39, 0.29) is 23.6 Å². The summed E-state index contributed by atoms with van der Waals surface area (Å²) in [5.41, 5.74) is 1.46. The number of amides is 2. The van der Waals surface area contributed by atoms with E-state index < -0.39 is 0 Å². The molecule has 1 rings (SSSR count). The molecule has 2 N–H and O–H groups in total. The molecule has 1 aromatic rings. The van der Waals surface area contributed by atoms with Gasteiger partial charge >= 0.3 is 0 Å². The molecule has 0 radical (unpaired) electrons. The van der Waals surface area contributed by atoms with Crippen LogP contribution in [0.25, 0.3) is 0 Å². The Balaban J connectivity index is 2.86. The highest BCUT2D eigenvalue weighted by Gasteiger charge is 2.13. The molecule has 2 amide bonds. The van der Waals surface area contributed by atoms with Gasteiger partial charge in [0.1, 0.15) is 0 Å². The second-order valence-electron chi connectivity index (χ2n) is 4.37. The molecular weight excluding hydrogens is 244 g/mol. The molecule has 1 unspecified atom stereocenters. The summed E-state index contributed by atoms with van der Waals surface area (Å²) in [6.45, 7) is 4.65. The molecule has 0 aliphatic heterocycles. The lowest BCUT2D eigenvalue weighted by Gasteiger charge is -2.18. The Labute approximate surface area is 112 Å². The van der Waals surface area contributed by atoms with Crippen LogP contribution in [0.3, 0.4) is 0 Å². The fourth-order valence-corrected chi connectivity index (χ4v) is 1.69. The van der Waals surface area contributed by atoms with Crippen LogP contribution in [0.4, 0.5) is 0 Å². The van der Waals surface area contributed by atoms with Crippen molar-refractivity contribution in [2.75, 3.05) is 6.54 Å². The highest BCUT2D eigenvalue weighted by atomic mass is 16.2. The summed E-state index contributed by atoms with van der Waals surface area (Å²) in [4.78, 5) is 33.3. The van der Waals surface area contributed by atoms with Crippen LogP contribution in [0.1, 0.15) is 42.7 Å². The van der Waals surface area contributed by atoms with E-state index in [1.165, 1.54) is 20.8 Å². The van der Waals surface area contributed by atoms with Crippen LogP contribution in [0, 0.1) is 0 Å². The molecule has 0 saturated heterocycles. The van der Waals surface area contributed by atoms with Crippen LogP contribution in [-0.4, -0.2) is 24.1 Å². The fourth-order valence-electron chi connectivity index (χ4n) is 1.69. The standard InChI is InChI=1S/C14H18N2O3/c1-9(17)12-4-6-13(7-5-12)14(16-11(3)19)8-15-10(2)18/h4-7,14H,8H2,1-3H3,(H,15,18)(H,16,19). The quantitative estimate of drug-likeness (QED) is 0.783. The van der Waals surface area contributed by atoms with E-state index in [2.05, 4.69) is 10.6 Å². The van der Waals surface area contributed by atoms with Crippen molar-refractivity contribution < 1.29 is 14.4 Å². The molecule has 0 aliphatic rings. The Morgan fingerprint density at radius 3 is 2.00 bits per heavy atom. The number of hydrogen-bond acceptors (Lipinski definition) is 3. The van der Waals surface area contributed by atoms with Gasteiger partial charge in [-0.25, -0.2) is 0 Å². The maximum absolute atomic E-state index is 11.2. The molecule has 5 heteroatoms. The smallest absolute Gasteiger partial charge is 0.217 e. The molecule has 1 aromatic carbocycles. The summed E-state index contributed by atoms with van der Waals surface area (Å²) < 4.78 is 0. The van der Waals surface area contributed by atoms with Crippen LogP contribution >= 0.6 is 0 Å². The number of carbonyl (C=O) groups is 3. The molecule has 19 heavy (non-hydrogen) atoms. The van der Waals surface area contributed by atoms with Crippen molar-refractivity contribution in [3.05, 3.63) is 35.4 Å². The Morgan fingerprint density at radius 2 is 1.58 bits per heavy atom. The van der Waals surface area contributed by atoms with E-state index >= 15 is 0 Å². The third kappa shape index (κ3) is 4.91. The van der Waals surface area contributed by atoms with E-state index in [0.29, 0.717) is 12.1 Å². The average Bonchev–Trinajstić information content (AvgIpc) is 2.34. The van der Waals surface area contributed by atoms with Crippen LogP contribution in [0.5, 0.6) is 0 Å². The third-order valence-electron chi connectivity index (χ3n) is 2.65. The summed E-state index contributed by atoms with van der Waals surface area (Å²) >= 11 is 0. The maximum Gasteiger partial charge on any atom is 0.217 e. The average molecular weight is 262 g/mol. The van der Waals surface area contributed by atoms with Gasteiger partial charge in [-0.1, -0.05) is 24.3 Å². The predicted molar refractivity (Wildman–Crippen MR) is 71.7 cm³/mol. The topological polar surface area (TPSA) is 75.3 Å². The van der Waals surface area contributed by atoms with Crippen molar-refractivity contribution in [3.63, 3.8) is 0 Å². The number of carbonyl (C=O) groups excluding carboxylic acids is 3. The number of rotatable bonds is 5. The van der Waals surface area contributed by atoms with Gasteiger partial charge in [0.25, 0.3) is 0 Å². The lowest BCUT2D eigenvalue weighted by molar-refractivity contribution is -0.121. The van der Waals surface area contributed by atoms with Crippen molar-refractivity contribution >= 4 is 17.6 Å². The number of nitrogens with one attached hydrogen (secondary N) is 2. The van der Waals surface area contributed by atoms with Gasteiger partial charge in [0.15, 0.2) is 5.78 Å². The first-order valence-electron chi connectivity index (χ1n) is 6.02. The Bertz CT molecular complexity index is 480. The minimum absolute atomic E-state index is 0.00973. The van der Waals surface area contributed by atoms with Gasteiger partial charge in [0.2, 0.25) is 11.8 Å². The first kappa shape index (κ1) is 14.9. The van der Waals surface area contributed by atoms with E-state index in [0.717, 1.165) is 5.56 Å². The highest BCUT2D eigenvalue weighted by Crippen LogP contribution is 2.14. The molecule has 0 heterocycles. The first-order valence-corrected chi connectivity index (χ1v) is 6.02. The monoisotopic (exact) mass is 262 g/mol. The summed E-state index contributed by atoms with van der Waals surface area (Å²) in [7, 11) is 0. The molecule has 0 saturated carbocycles. The number of hydrogen-bond donors (Lipinski definition) is 2. The zero-order valence-corrected chi connectivity index (χ0v) is 11.3. The minimum atomic E-state index is -0.303. The molecular formula is C14H18N2O3. The lowest BCUT2D eigenvalue weighted by atomic mass is 10.0. The van der Waals surface area contributed by atoms with Crippen LogP contribution in [0.15, 0.2) is 24.3 Å². The molecule has 1 atom stereocenters. The Kier molecular flexibility index (Phi) is 5.23. The Morgan fingerprint density at radius 1 is 1.00 bits per heavy atom. The molecule has 0 fully saturated rings. The van der Waals surface area contributed by atoms with E-state index in [9.17, 15) is 14.4 Å². The van der Waals surface area contributed by atoms with Crippen molar-refractivity contribution in [2.24, 2.45) is 0 Å². The second kappa shape index (κ2) is 6.68. The number of Topliss-reactive ketones (excluding diaryl/α,β-unsaturated/α-hetero) is 1. The van der Waals surface area contributed by atoms with Gasteiger partial charge in [-0.3, -0.25) is 14.4 Å². The van der Waals surface area contributed by atoms with Crippen molar-refractivity contribution in [2.45, 2.75) is 26.8 Å². The maximum atomic E-state index is 11.2. The van der Waals surface area contributed by atoms with Gasteiger partial charge < -0.3 is 10.6 Å². The number of benzene rings is 1. The van der Waals surface area contributed by atoms with Gasteiger partial charge in [-0.15, -0.1) is 0 Å². The van der Waals surface area contributed by atoms with Gasteiger partial charge in [0.05, 0.1) is 6.04 Å². The Hall–Kier alpha value is -2.17. The minimum Gasteiger partial charge on any atom is -0.354 e. The molecule has 0 aliphatic carbocycles. The number of ketones is 1. The fraction of sp³-hybridized carbons (Fsp3) is 0.357. The first-order chi connectivity index (χ1) is 8.90. The van der Waals surface area contributed by atoms with Crippen LogP contribution < -0.4 is 10.6 Å². The van der Waals surface area contributed by atoms with Crippen molar-refractivity contribution in [3.8, 4) is 0 Å². The predicted octanol–water partition coefficient (Wildman–Crippen LogP) is 1.20. The summed E-state index contributed by atoms with van der Waals surface area (Å²) in [6, 6.07) is 6.67. The van der Waals surface area contributed by atoms with E-state index in [1.54, 1.807) is 24.3 Å². The second-order valence-corrected chi connectivity index (χ2v) is 4.37. The van der Waals surface area contributed by atoms with Crippen LogP contribution in [-0.2, 0) is 9.59 Å². The normalized spacial score (nSPS) is 11.5. The SMILES string of the molecule is CC(=O)NCC(NC(C)=O)c1ccc(C(C)=O)cc1. The van der Waals surface area contributed by atoms with Gasteiger partial charge in [0, 0.05) is 26.0 Å². The van der Waals surface area contributed by atoms with E-state index in [1.807, 2.05) is 0 Å². The molecule has 5 nitrogen and oxygen atoms in total. The van der Waals surface area contributed by atoms with Crippen molar-refractivity contribution in [1.29, 1.82) is 0 Å². The summed E-state index contributed by atoms with van der Waals surface area (Å²) in [5.74, 6) is -0.341. The molecule has 0 spiro atoms. The van der Waals surface area contributed by atoms with Gasteiger partial charge in [-0.05, 0) is 12.5 Å². The highest BCUT2D eigenvalue weighted by molar-refractivity contribution is 5.94. The lowest BCUT2D eigenvalue weighted by Crippen LogP contribution is -2.36. The third-order valence-corrected chi connectivity index (χ3v) is 2.65. The summed E-state index contributed by atoms with van der Waals surface area (Å²) in [5, 5.41) is 5.43. The van der Waals surface area contributed by atoms with Crippen molar-refractivity contribution in [1.82, 2.24) is 10.6 Å². The van der Waals surface area contributed by atoms with Crippen LogP contribution in [0.2, 0.25) is 0 Å². The van der Waals surface area contributed by atoms with E-state index in [4.69, 9.17) is 0 Å². The molecule has 0 aromatic heterocycles. The zero-order chi connectivity index (χ0) is 14.4. The largest absolute Gasteiger partial charge is 0.354 e. The molecule has 0 bridgehead atoms. The van der Waals surface area contributed by atoms with Gasteiger partial charge in [-0.2, -0.15) is 0 Å².